The molecule has 1 heterocycles. The fraction of sp³-hybridized carbons (Fsp3) is 0.500. The maximum absolute atomic E-state index is 11.0. The van der Waals surface area contributed by atoms with E-state index in [1.165, 1.54) is 0 Å². The minimum Gasteiger partial charge on any atom is -0.489 e. The summed E-state index contributed by atoms with van der Waals surface area (Å²) in [6, 6.07) is 6.10. The summed E-state index contributed by atoms with van der Waals surface area (Å²) in [4.78, 5) is 11.0. The van der Waals surface area contributed by atoms with Crippen molar-refractivity contribution >= 4 is 22.0 Å². The zero-order valence-corrected chi connectivity index (χ0v) is 13.2. The summed E-state index contributed by atoms with van der Waals surface area (Å²) in [5.41, 5.74) is 1.08. The molecule has 0 aliphatic carbocycles. The number of nitrogens with one attached hydrogen (secondary N) is 2. The number of amides is 1. The van der Waals surface area contributed by atoms with Crippen molar-refractivity contribution in [3.05, 3.63) is 28.2 Å². The van der Waals surface area contributed by atoms with Gasteiger partial charge < -0.3 is 20.1 Å². The quantitative estimate of drug-likeness (QED) is 0.834. The van der Waals surface area contributed by atoms with Crippen LogP contribution in [0.5, 0.6) is 5.75 Å². The Morgan fingerprint density at radius 2 is 2.40 bits per heavy atom. The molecule has 0 bridgehead atoms. The first kappa shape index (κ1) is 15.1. The topological polar surface area (TPSA) is 59.6 Å². The normalized spacial score (nSPS) is 19.4. The molecule has 0 saturated carbocycles. The van der Waals surface area contributed by atoms with E-state index < -0.39 is 0 Å². The van der Waals surface area contributed by atoms with Crippen LogP contribution in [0.4, 0.5) is 4.79 Å². The van der Waals surface area contributed by atoms with Gasteiger partial charge in [-0.3, -0.25) is 0 Å². The van der Waals surface area contributed by atoms with Crippen LogP contribution < -0.4 is 15.4 Å². The Morgan fingerprint density at radius 1 is 1.60 bits per heavy atom. The number of carbonyl (C=O) groups is 1. The molecule has 6 heteroatoms. The Kier molecular flexibility index (Phi) is 5.25. The van der Waals surface area contributed by atoms with Crippen LogP contribution in [0.3, 0.4) is 0 Å². The van der Waals surface area contributed by atoms with Gasteiger partial charge in [-0.25, -0.2) is 4.79 Å². The number of hydrogen-bond donors (Lipinski definition) is 2. The Hall–Kier alpha value is -1.27. The summed E-state index contributed by atoms with van der Waals surface area (Å²) < 4.78 is 11.9. The van der Waals surface area contributed by atoms with E-state index in [0.29, 0.717) is 13.2 Å². The van der Waals surface area contributed by atoms with Gasteiger partial charge in [0.1, 0.15) is 12.4 Å². The molecule has 5 nitrogen and oxygen atoms in total. The molecular weight excluding hydrogens is 324 g/mol. The van der Waals surface area contributed by atoms with Crippen molar-refractivity contribution in [2.24, 2.45) is 0 Å². The summed E-state index contributed by atoms with van der Waals surface area (Å²) in [5.74, 6) is 0.810. The highest BCUT2D eigenvalue weighted by Gasteiger charge is 2.23. The number of carbonyl (C=O) groups excluding carboxylic acids is 1. The van der Waals surface area contributed by atoms with Crippen molar-refractivity contribution in [1.29, 1.82) is 0 Å². The highest BCUT2D eigenvalue weighted by Crippen LogP contribution is 2.28. The van der Waals surface area contributed by atoms with E-state index in [2.05, 4.69) is 40.4 Å². The lowest BCUT2D eigenvalue weighted by Gasteiger charge is -2.19. The number of halogens is 1. The molecule has 110 valence electrons. The lowest BCUT2D eigenvalue weighted by atomic mass is 10.1. The van der Waals surface area contributed by atoms with E-state index in [9.17, 15) is 4.79 Å². The van der Waals surface area contributed by atoms with E-state index in [1.54, 1.807) is 0 Å². The second-order valence-electron chi connectivity index (χ2n) is 4.68. The van der Waals surface area contributed by atoms with Gasteiger partial charge in [0.15, 0.2) is 6.10 Å². The molecule has 1 aromatic rings. The van der Waals surface area contributed by atoms with Crippen molar-refractivity contribution in [1.82, 2.24) is 10.6 Å². The molecular formula is C14H19BrN2O3. The molecule has 0 spiro atoms. The second kappa shape index (κ2) is 6.95. The number of alkyl carbamates (subject to hydrolysis) is 1. The number of cyclic esters (lactones) is 1. The van der Waals surface area contributed by atoms with E-state index in [0.717, 1.165) is 22.3 Å². The van der Waals surface area contributed by atoms with Crippen LogP contribution in [-0.2, 0) is 4.74 Å². The molecule has 20 heavy (non-hydrogen) atoms. The van der Waals surface area contributed by atoms with Gasteiger partial charge in [0.2, 0.25) is 0 Å². The lowest BCUT2D eigenvalue weighted by molar-refractivity contribution is 0.104. The predicted molar refractivity (Wildman–Crippen MR) is 80.0 cm³/mol. The van der Waals surface area contributed by atoms with Gasteiger partial charge in [-0.2, -0.15) is 0 Å². The largest absolute Gasteiger partial charge is 0.489 e. The van der Waals surface area contributed by atoms with Crippen molar-refractivity contribution < 1.29 is 14.3 Å². The Bertz CT molecular complexity index is 481. The molecule has 0 aromatic heterocycles. The van der Waals surface area contributed by atoms with Gasteiger partial charge in [0.25, 0.3) is 0 Å². The molecule has 2 unspecified atom stereocenters. The minimum atomic E-state index is -0.379. The zero-order chi connectivity index (χ0) is 14.5. The number of rotatable bonds is 6. The first-order chi connectivity index (χ1) is 9.60. The summed E-state index contributed by atoms with van der Waals surface area (Å²) in [5, 5.41) is 5.98. The van der Waals surface area contributed by atoms with E-state index in [-0.39, 0.29) is 18.2 Å². The Morgan fingerprint density at radius 3 is 3.05 bits per heavy atom. The van der Waals surface area contributed by atoms with Crippen molar-refractivity contribution in [3.8, 4) is 5.75 Å². The summed E-state index contributed by atoms with van der Waals surface area (Å²) in [6.07, 6.45) is -0.607. The van der Waals surface area contributed by atoms with E-state index in [1.807, 2.05) is 18.2 Å². The van der Waals surface area contributed by atoms with Crippen molar-refractivity contribution in [3.63, 3.8) is 0 Å². The molecule has 1 amide bonds. The van der Waals surface area contributed by atoms with Gasteiger partial charge >= 0.3 is 6.09 Å². The van der Waals surface area contributed by atoms with Gasteiger partial charge in [0.05, 0.1) is 6.54 Å². The molecule has 0 radical (unpaired) electrons. The highest BCUT2D eigenvalue weighted by molar-refractivity contribution is 9.10. The Labute approximate surface area is 127 Å². The molecule has 1 aliphatic rings. The molecule has 2 N–H and O–H groups in total. The summed E-state index contributed by atoms with van der Waals surface area (Å²) >= 11 is 3.48. The van der Waals surface area contributed by atoms with Crippen LogP contribution in [0.2, 0.25) is 0 Å². The first-order valence-corrected chi connectivity index (χ1v) is 7.49. The zero-order valence-electron chi connectivity index (χ0n) is 11.6. The van der Waals surface area contributed by atoms with Crippen LogP contribution in [-0.4, -0.2) is 31.9 Å². The molecule has 2 atom stereocenters. The second-order valence-corrected chi connectivity index (χ2v) is 5.60. The van der Waals surface area contributed by atoms with Gasteiger partial charge in [-0.15, -0.1) is 0 Å². The van der Waals surface area contributed by atoms with Crippen LogP contribution in [0.25, 0.3) is 0 Å². The maximum Gasteiger partial charge on any atom is 0.407 e. The first-order valence-electron chi connectivity index (χ1n) is 6.70. The fourth-order valence-electron chi connectivity index (χ4n) is 2.11. The SMILES string of the molecule is CCNC(C)c1cc(Br)ccc1OCC1CNC(=O)O1. The third-order valence-corrected chi connectivity index (χ3v) is 3.61. The summed E-state index contributed by atoms with van der Waals surface area (Å²) in [7, 11) is 0. The van der Waals surface area contributed by atoms with Crippen LogP contribution >= 0.6 is 15.9 Å². The minimum absolute atomic E-state index is 0.191. The predicted octanol–water partition coefficient (Wildman–Crippen LogP) is 2.61. The van der Waals surface area contributed by atoms with Crippen LogP contribution in [0.1, 0.15) is 25.5 Å². The van der Waals surface area contributed by atoms with Crippen molar-refractivity contribution in [2.45, 2.75) is 26.0 Å². The number of benzene rings is 1. The number of hydrogen-bond acceptors (Lipinski definition) is 4. The standard InChI is InChI=1S/C14H19BrN2O3/c1-3-16-9(2)12-6-10(15)4-5-13(12)19-8-11-7-17-14(18)20-11/h4-6,9,11,16H,3,7-8H2,1-2H3,(H,17,18). The third-order valence-electron chi connectivity index (χ3n) is 3.12. The van der Waals surface area contributed by atoms with Gasteiger partial charge in [0, 0.05) is 16.1 Å². The third kappa shape index (κ3) is 3.86. The van der Waals surface area contributed by atoms with E-state index in [4.69, 9.17) is 9.47 Å². The van der Waals surface area contributed by atoms with Crippen LogP contribution in [0, 0.1) is 0 Å². The highest BCUT2D eigenvalue weighted by atomic mass is 79.9. The van der Waals surface area contributed by atoms with Gasteiger partial charge in [-0.05, 0) is 31.7 Å². The van der Waals surface area contributed by atoms with Gasteiger partial charge in [-0.1, -0.05) is 22.9 Å². The average Bonchev–Trinajstić information content (AvgIpc) is 2.83. The average molecular weight is 343 g/mol. The molecule has 2 rings (SSSR count). The summed E-state index contributed by atoms with van der Waals surface area (Å²) in [6.45, 7) is 5.89. The van der Waals surface area contributed by atoms with Crippen LogP contribution in [0.15, 0.2) is 22.7 Å². The lowest BCUT2D eigenvalue weighted by Crippen LogP contribution is -2.23. The fourth-order valence-corrected chi connectivity index (χ4v) is 2.49. The van der Waals surface area contributed by atoms with E-state index >= 15 is 0 Å². The van der Waals surface area contributed by atoms with Crippen molar-refractivity contribution in [2.75, 3.05) is 19.7 Å². The molecule has 1 saturated heterocycles. The maximum atomic E-state index is 11.0. The molecule has 1 aromatic carbocycles. The monoisotopic (exact) mass is 342 g/mol. The number of ether oxygens (including phenoxy) is 2. The molecule has 1 aliphatic heterocycles. The Balaban J connectivity index is 2.04. The smallest absolute Gasteiger partial charge is 0.407 e. The molecule has 1 fully saturated rings.